The second-order valence-electron chi connectivity index (χ2n) is 5.81. The molecule has 88 valence electrons. The fourth-order valence-electron chi connectivity index (χ4n) is 2.52. The summed E-state index contributed by atoms with van der Waals surface area (Å²) in [6.07, 6.45) is 9.36. The molecule has 2 heteroatoms. The maximum Gasteiger partial charge on any atom is 0.115 e. The smallest absolute Gasteiger partial charge is 0.115 e. The van der Waals surface area contributed by atoms with Crippen molar-refractivity contribution in [2.75, 3.05) is 0 Å². The Morgan fingerprint density at radius 1 is 0.938 bits per heavy atom. The highest BCUT2D eigenvalue weighted by molar-refractivity contribution is 5.30. The summed E-state index contributed by atoms with van der Waals surface area (Å²) in [4.78, 5) is 9.01. The SMILES string of the molecule is CC(C)(C)c1ncnc2c1CCCCCC2. The van der Waals surface area contributed by atoms with E-state index < -0.39 is 0 Å². The molecule has 0 unspecified atom stereocenters. The second kappa shape index (κ2) is 4.52. The van der Waals surface area contributed by atoms with Gasteiger partial charge < -0.3 is 0 Å². The Balaban J connectivity index is 2.43. The van der Waals surface area contributed by atoms with Gasteiger partial charge in [-0.15, -0.1) is 0 Å². The van der Waals surface area contributed by atoms with Gasteiger partial charge in [0.05, 0.1) is 5.69 Å². The third-order valence-corrected chi connectivity index (χ3v) is 3.34. The van der Waals surface area contributed by atoms with Crippen LogP contribution in [0.3, 0.4) is 0 Å². The number of rotatable bonds is 0. The molecule has 0 saturated heterocycles. The molecule has 0 saturated carbocycles. The molecule has 2 rings (SSSR count). The second-order valence-corrected chi connectivity index (χ2v) is 5.81. The van der Waals surface area contributed by atoms with Crippen molar-refractivity contribution in [3.63, 3.8) is 0 Å². The van der Waals surface area contributed by atoms with E-state index in [4.69, 9.17) is 0 Å². The van der Waals surface area contributed by atoms with Crippen LogP contribution in [0.25, 0.3) is 0 Å². The molecule has 1 heterocycles. The van der Waals surface area contributed by atoms with Gasteiger partial charge in [-0.2, -0.15) is 0 Å². The minimum Gasteiger partial charge on any atom is -0.241 e. The lowest BCUT2D eigenvalue weighted by Crippen LogP contribution is -2.19. The molecule has 0 N–H and O–H groups in total. The highest BCUT2D eigenvalue weighted by atomic mass is 14.9. The summed E-state index contributed by atoms with van der Waals surface area (Å²) in [5.41, 5.74) is 4.15. The van der Waals surface area contributed by atoms with Gasteiger partial charge in [-0.25, -0.2) is 9.97 Å². The number of aryl methyl sites for hydroxylation is 1. The third-order valence-electron chi connectivity index (χ3n) is 3.34. The lowest BCUT2D eigenvalue weighted by atomic mass is 9.84. The standard InChI is InChI=1S/C14H22N2/c1-14(2,3)13-11-8-6-4-5-7-9-12(11)15-10-16-13/h10H,4-9H2,1-3H3. The molecule has 1 aliphatic rings. The Hall–Kier alpha value is -0.920. The highest BCUT2D eigenvalue weighted by Crippen LogP contribution is 2.28. The van der Waals surface area contributed by atoms with E-state index in [0.29, 0.717) is 0 Å². The van der Waals surface area contributed by atoms with E-state index in [1.165, 1.54) is 49.1 Å². The number of aromatic nitrogens is 2. The molecule has 0 amide bonds. The largest absolute Gasteiger partial charge is 0.241 e. The van der Waals surface area contributed by atoms with Gasteiger partial charge in [-0.3, -0.25) is 0 Å². The van der Waals surface area contributed by atoms with Crippen LogP contribution in [0.2, 0.25) is 0 Å². The van der Waals surface area contributed by atoms with Gasteiger partial charge in [0.25, 0.3) is 0 Å². The fraction of sp³-hybridized carbons (Fsp3) is 0.714. The van der Waals surface area contributed by atoms with E-state index in [2.05, 4.69) is 30.7 Å². The summed E-state index contributed by atoms with van der Waals surface area (Å²) < 4.78 is 0. The molecule has 16 heavy (non-hydrogen) atoms. The van der Waals surface area contributed by atoms with Crippen LogP contribution in [-0.4, -0.2) is 9.97 Å². The summed E-state index contributed by atoms with van der Waals surface area (Å²) in [6.45, 7) is 6.73. The number of hydrogen-bond acceptors (Lipinski definition) is 2. The van der Waals surface area contributed by atoms with Crippen LogP contribution in [-0.2, 0) is 18.3 Å². The van der Waals surface area contributed by atoms with E-state index in [1.54, 1.807) is 6.33 Å². The zero-order valence-electron chi connectivity index (χ0n) is 10.7. The van der Waals surface area contributed by atoms with Gasteiger partial charge in [0.2, 0.25) is 0 Å². The van der Waals surface area contributed by atoms with Crippen LogP contribution >= 0.6 is 0 Å². The van der Waals surface area contributed by atoms with Crippen LogP contribution < -0.4 is 0 Å². The first kappa shape index (κ1) is 11.6. The Morgan fingerprint density at radius 2 is 1.62 bits per heavy atom. The van der Waals surface area contributed by atoms with Crippen molar-refractivity contribution in [1.29, 1.82) is 0 Å². The Labute approximate surface area is 98.5 Å². The van der Waals surface area contributed by atoms with Gasteiger partial charge in [0, 0.05) is 11.1 Å². The average Bonchev–Trinajstić information content (AvgIpc) is 2.16. The number of nitrogens with zero attached hydrogens (tertiary/aromatic N) is 2. The summed E-state index contributed by atoms with van der Waals surface area (Å²) in [5.74, 6) is 0. The minimum atomic E-state index is 0.145. The first-order chi connectivity index (χ1) is 7.59. The molecule has 0 atom stereocenters. The monoisotopic (exact) mass is 218 g/mol. The fourth-order valence-corrected chi connectivity index (χ4v) is 2.52. The first-order valence-corrected chi connectivity index (χ1v) is 6.42. The van der Waals surface area contributed by atoms with Crippen LogP contribution in [0.1, 0.15) is 63.4 Å². The molecular weight excluding hydrogens is 196 g/mol. The first-order valence-electron chi connectivity index (χ1n) is 6.42. The van der Waals surface area contributed by atoms with Gasteiger partial charge in [-0.1, -0.05) is 33.6 Å². The average molecular weight is 218 g/mol. The van der Waals surface area contributed by atoms with Gasteiger partial charge in [-0.05, 0) is 31.2 Å². The maximum absolute atomic E-state index is 4.52. The summed E-state index contributed by atoms with van der Waals surface area (Å²) >= 11 is 0. The molecule has 1 aromatic heterocycles. The number of hydrogen-bond donors (Lipinski definition) is 0. The Bertz CT molecular complexity index is 363. The Kier molecular flexibility index (Phi) is 3.27. The van der Waals surface area contributed by atoms with E-state index in [9.17, 15) is 0 Å². The molecule has 2 nitrogen and oxygen atoms in total. The molecule has 1 aliphatic carbocycles. The summed E-state index contributed by atoms with van der Waals surface area (Å²) in [5, 5.41) is 0. The van der Waals surface area contributed by atoms with Crippen LogP contribution in [0.15, 0.2) is 6.33 Å². The summed E-state index contributed by atoms with van der Waals surface area (Å²) in [7, 11) is 0. The van der Waals surface area contributed by atoms with Gasteiger partial charge >= 0.3 is 0 Å². The molecule has 0 radical (unpaired) electrons. The van der Waals surface area contributed by atoms with Crippen molar-refractivity contribution in [3.8, 4) is 0 Å². The minimum absolute atomic E-state index is 0.145. The molecule has 0 aliphatic heterocycles. The lowest BCUT2D eigenvalue weighted by molar-refractivity contribution is 0.537. The normalized spacial score (nSPS) is 17.4. The van der Waals surface area contributed by atoms with E-state index in [0.717, 1.165) is 6.42 Å². The molecular formula is C14H22N2. The van der Waals surface area contributed by atoms with Crippen molar-refractivity contribution in [3.05, 3.63) is 23.3 Å². The van der Waals surface area contributed by atoms with Crippen molar-refractivity contribution in [1.82, 2.24) is 9.97 Å². The van der Waals surface area contributed by atoms with Crippen LogP contribution in [0.4, 0.5) is 0 Å². The van der Waals surface area contributed by atoms with Crippen LogP contribution in [0, 0.1) is 0 Å². The van der Waals surface area contributed by atoms with E-state index >= 15 is 0 Å². The van der Waals surface area contributed by atoms with Crippen molar-refractivity contribution >= 4 is 0 Å². The quantitative estimate of drug-likeness (QED) is 0.666. The van der Waals surface area contributed by atoms with Gasteiger partial charge in [0.1, 0.15) is 6.33 Å². The molecule has 1 aromatic rings. The van der Waals surface area contributed by atoms with Crippen LogP contribution in [0.5, 0.6) is 0 Å². The van der Waals surface area contributed by atoms with Crippen molar-refractivity contribution in [2.45, 2.75) is 64.7 Å². The molecule has 0 fully saturated rings. The van der Waals surface area contributed by atoms with Gasteiger partial charge in [0.15, 0.2) is 0 Å². The van der Waals surface area contributed by atoms with Crippen molar-refractivity contribution in [2.24, 2.45) is 0 Å². The number of fused-ring (bicyclic) bond motifs is 1. The molecule has 0 aromatic carbocycles. The zero-order chi connectivity index (χ0) is 11.6. The molecule has 0 spiro atoms. The zero-order valence-corrected chi connectivity index (χ0v) is 10.7. The topological polar surface area (TPSA) is 25.8 Å². The molecule has 0 bridgehead atoms. The highest BCUT2D eigenvalue weighted by Gasteiger charge is 2.22. The van der Waals surface area contributed by atoms with E-state index in [-0.39, 0.29) is 5.41 Å². The predicted octanol–water partition coefficient (Wildman–Crippen LogP) is 3.43. The van der Waals surface area contributed by atoms with Crippen molar-refractivity contribution < 1.29 is 0 Å². The maximum atomic E-state index is 4.52. The predicted molar refractivity (Wildman–Crippen MR) is 66.6 cm³/mol. The summed E-state index contributed by atoms with van der Waals surface area (Å²) in [6, 6.07) is 0. The lowest BCUT2D eigenvalue weighted by Gasteiger charge is -2.24. The Morgan fingerprint density at radius 3 is 2.31 bits per heavy atom. The third kappa shape index (κ3) is 2.42. The van der Waals surface area contributed by atoms with E-state index in [1.807, 2.05) is 0 Å².